The van der Waals surface area contributed by atoms with Gasteiger partial charge in [-0.25, -0.2) is 4.57 Å². The first-order valence-electron chi connectivity index (χ1n) is 12.3. The number of rotatable bonds is 1. The van der Waals surface area contributed by atoms with Crippen molar-refractivity contribution in [2.24, 2.45) is 7.05 Å². The van der Waals surface area contributed by atoms with Crippen LogP contribution in [-0.4, -0.2) is 0 Å². The Morgan fingerprint density at radius 1 is 0.857 bits per heavy atom. The standard InChI is InChI=1S/C26H24NO/c1-15-11-22(27(5)14-18(15)4)25-17(3)10-16(2)24-21-12-19-8-6-7-9-20(19)13-23(21)28-26(24)25/h6-14H,1-5H3/q+1/i2D3,4D3. The van der Waals surface area contributed by atoms with Gasteiger partial charge in [-0.2, -0.15) is 0 Å². The van der Waals surface area contributed by atoms with E-state index >= 15 is 0 Å². The van der Waals surface area contributed by atoms with E-state index in [1.54, 1.807) is 30.8 Å². The molecule has 5 rings (SSSR count). The van der Waals surface area contributed by atoms with Crippen LogP contribution >= 0.6 is 0 Å². The summed E-state index contributed by atoms with van der Waals surface area (Å²) in [4.78, 5) is 0. The van der Waals surface area contributed by atoms with Crippen LogP contribution in [0.15, 0.2) is 59.1 Å². The number of pyridine rings is 1. The van der Waals surface area contributed by atoms with Gasteiger partial charge in [0.15, 0.2) is 6.20 Å². The fourth-order valence-corrected chi connectivity index (χ4v) is 4.08. The maximum absolute atomic E-state index is 8.20. The van der Waals surface area contributed by atoms with Gasteiger partial charge in [-0.3, -0.25) is 0 Å². The first-order valence-corrected chi connectivity index (χ1v) is 9.26. The van der Waals surface area contributed by atoms with Crippen LogP contribution in [-0.2, 0) is 7.05 Å². The molecule has 0 spiro atoms. The summed E-state index contributed by atoms with van der Waals surface area (Å²) in [5.74, 6) is 0. The summed E-state index contributed by atoms with van der Waals surface area (Å²) in [5.41, 5.74) is 4.54. The maximum Gasteiger partial charge on any atom is 0.216 e. The molecule has 0 unspecified atom stereocenters. The quantitative estimate of drug-likeness (QED) is 0.308. The lowest BCUT2D eigenvalue weighted by Gasteiger charge is -2.09. The monoisotopic (exact) mass is 372 g/mol. The van der Waals surface area contributed by atoms with Crippen molar-refractivity contribution in [3.05, 3.63) is 77.0 Å². The molecular weight excluding hydrogens is 342 g/mol. The number of fused-ring (bicyclic) bond motifs is 4. The van der Waals surface area contributed by atoms with Gasteiger partial charge in [0, 0.05) is 30.6 Å². The van der Waals surface area contributed by atoms with E-state index in [1.807, 2.05) is 49.4 Å². The minimum atomic E-state index is -2.33. The molecule has 3 aromatic carbocycles. The number of benzene rings is 3. The number of nitrogens with zero attached hydrogens (tertiary/aromatic N) is 1. The van der Waals surface area contributed by atoms with Gasteiger partial charge in [-0.15, -0.1) is 0 Å². The molecule has 0 saturated heterocycles. The van der Waals surface area contributed by atoms with Gasteiger partial charge in [-0.05, 0) is 67.1 Å². The van der Waals surface area contributed by atoms with Crippen LogP contribution in [0, 0.1) is 27.6 Å². The molecule has 0 saturated carbocycles. The Kier molecular flexibility index (Phi) is 2.47. The minimum absolute atomic E-state index is 0.247. The molecule has 2 aromatic heterocycles. The number of aryl methyl sites for hydroxylation is 5. The second-order valence-electron chi connectivity index (χ2n) is 7.48. The molecule has 0 N–H and O–H groups in total. The smallest absolute Gasteiger partial charge is 0.216 e. The van der Waals surface area contributed by atoms with Crippen LogP contribution in [0.2, 0.25) is 0 Å². The molecule has 138 valence electrons. The largest absolute Gasteiger partial charge is 0.455 e. The van der Waals surface area contributed by atoms with E-state index in [0.29, 0.717) is 22.1 Å². The molecule has 0 fully saturated rings. The average molecular weight is 373 g/mol. The second-order valence-corrected chi connectivity index (χ2v) is 7.48. The second kappa shape index (κ2) is 5.93. The molecule has 28 heavy (non-hydrogen) atoms. The topological polar surface area (TPSA) is 17.0 Å². The van der Waals surface area contributed by atoms with Crippen LogP contribution in [0.3, 0.4) is 0 Å². The lowest BCUT2D eigenvalue weighted by Crippen LogP contribution is -2.31. The van der Waals surface area contributed by atoms with Gasteiger partial charge in [0.1, 0.15) is 18.2 Å². The zero-order valence-electron chi connectivity index (χ0n) is 22.1. The van der Waals surface area contributed by atoms with Crippen LogP contribution in [0.5, 0.6) is 0 Å². The number of aromatic nitrogens is 1. The van der Waals surface area contributed by atoms with E-state index in [-0.39, 0.29) is 11.1 Å². The molecule has 0 aliphatic heterocycles. The van der Waals surface area contributed by atoms with Crippen LogP contribution in [0.25, 0.3) is 44.0 Å². The van der Waals surface area contributed by atoms with Crippen molar-refractivity contribution in [1.29, 1.82) is 0 Å². The summed E-state index contributed by atoms with van der Waals surface area (Å²) in [5, 5.41) is 3.32. The summed E-state index contributed by atoms with van der Waals surface area (Å²) in [6.07, 6.45) is 1.62. The van der Waals surface area contributed by atoms with Crippen molar-refractivity contribution in [2.45, 2.75) is 27.6 Å². The molecule has 0 bridgehead atoms. The first-order chi connectivity index (χ1) is 15.9. The van der Waals surface area contributed by atoms with E-state index in [1.165, 1.54) is 0 Å². The summed E-state index contributed by atoms with van der Waals surface area (Å²) in [6, 6.07) is 15.4. The Balaban J connectivity index is 1.93. The normalized spacial score (nSPS) is 15.8. The van der Waals surface area contributed by atoms with E-state index in [4.69, 9.17) is 12.6 Å². The van der Waals surface area contributed by atoms with Gasteiger partial charge < -0.3 is 4.42 Å². The van der Waals surface area contributed by atoms with Crippen molar-refractivity contribution < 1.29 is 17.2 Å². The fourth-order valence-electron chi connectivity index (χ4n) is 4.08. The first kappa shape index (κ1) is 11.7. The van der Waals surface area contributed by atoms with Crippen LogP contribution < -0.4 is 4.57 Å². The highest BCUT2D eigenvalue weighted by molar-refractivity contribution is 6.14. The summed E-state index contributed by atoms with van der Waals surface area (Å²) in [7, 11) is 1.80. The zero-order valence-corrected chi connectivity index (χ0v) is 16.1. The average Bonchev–Trinajstić information content (AvgIpc) is 3.09. The van der Waals surface area contributed by atoms with Gasteiger partial charge in [-0.1, -0.05) is 30.3 Å². The van der Waals surface area contributed by atoms with Crippen LogP contribution in [0.1, 0.15) is 30.5 Å². The Labute approximate surface area is 173 Å². The molecule has 0 atom stereocenters. The molecule has 0 amide bonds. The van der Waals surface area contributed by atoms with Crippen molar-refractivity contribution in [3.8, 4) is 11.3 Å². The van der Waals surface area contributed by atoms with Crippen molar-refractivity contribution in [3.63, 3.8) is 0 Å². The Morgan fingerprint density at radius 2 is 1.61 bits per heavy atom. The van der Waals surface area contributed by atoms with Crippen molar-refractivity contribution >= 4 is 32.7 Å². The highest BCUT2D eigenvalue weighted by atomic mass is 16.3. The molecule has 2 heterocycles. The predicted molar refractivity (Wildman–Crippen MR) is 117 cm³/mol. The van der Waals surface area contributed by atoms with E-state index < -0.39 is 13.7 Å². The van der Waals surface area contributed by atoms with E-state index in [0.717, 1.165) is 33.0 Å². The molecule has 0 aliphatic carbocycles. The number of hydrogen-bond acceptors (Lipinski definition) is 1. The number of furan rings is 1. The highest BCUT2D eigenvalue weighted by Gasteiger charge is 2.23. The van der Waals surface area contributed by atoms with Crippen molar-refractivity contribution in [1.82, 2.24) is 0 Å². The Morgan fingerprint density at radius 3 is 2.36 bits per heavy atom. The molecular formula is C26H24NO+. The molecule has 0 aliphatic rings. The van der Waals surface area contributed by atoms with Gasteiger partial charge in [0.2, 0.25) is 5.69 Å². The maximum atomic E-state index is 8.20. The van der Waals surface area contributed by atoms with Crippen molar-refractivity contribution in [2.75, 3.05) is 0 Å². The zero-order chi connectivity index (χ0) is 24.6. The third-order valence-electron chi connectivity index (χ3n) is 5.54. The van der Waals surface area contributed by atoms with Gasteiger partial charge in [0.05, 0.1) is 5.56 Å². The molecule has 0 radical (unpaired) electrons. The fraction of sp³-hybridized carbons (Fsp3) is 0.192. The SMILES string of the molecule is [2H]C([2H])([2H])c1c[n+](C)c(-c2c(C)cc(C([2H])([2H])[2H])c3c2oc2cc4ccccc4cc23)cc1C. The molecule has 5 aromatic rings. The summed E-state index contributed by atoms with van der Waals surface area (Å²) in [6.45, 7) is -0.914. The van der Waals surface area contributed by atoms with Crippen LogP contribution in [0.4, 0.5) is 0 Å². The Bertz CT molecular complexity index is 1610. The summed E-state index contributed by atoms with van der Waals surface area (Å²) < 4.78 is 56.3. The third-order valence-corrected chi connectivity index (χ3v) is 5.54. The lowest BCUT2D eigenvalue weighted by molar-refractivity contribution is -0.660. The minimum Gasteiger partial charge on any atom is -0.455 e. The molecule has 2 nitrogen and oxygen atoms in total. The Hall–Kier alpha value is -3.13. The lowest BCUT2D eigenvalue weighted by atomic mass is 9.95. The predicted octanol–water partition coefficient (Wildman–Crippen LogP) is 6.46. The highest BCUT2D eigenvalue weighted by Crippen LogP contribution is 2.40. The third kappa shape index (κ3) is 2.37. The summed E-state index contributed by atoms with van der Waals surface area (Å²) >= 11 is 0. The number of hydrogen-bond donors (Lipinski definition) is 0. The van der Waals surface area contributed by atoms with E-state index in [2.05, 4.69) is 0 Å². The van der Waals surface area contributed by atoms with Gasteiger partial charge >= 0.3 is 0 Å². The van der Waals surface area contributed by atoms with Gasteiger partial charge in [0.25, 0.3) is 0 Å². The molecule has 2 heteroatoms. The van der Waals surface area contributed by atoms with E-state index in [9.17, 15) is 0 Å².